The minimum atomic E-state index is -0.0285. The van der Waals surface area contributed by atoms with Crippen molar-refractivity contribution >= 4 is 5.91 Å². The van der Waals surface area contributed by atoms with Crippen LogP contribution in [0.4, 0.5) is 0 Å². The molecule has 0 aromatic carbocycles. The van der Waals surface area contributed by atoms with Crippen LogP contribution in [0.25, 0.3) is 0 Å². The molecule has 1 heterocycles. The maximum atomic E-state index is 11.8. The lowest BCUT2D eigenvalue weighted by Gasteiger charge is -2.17. The summed E-state index contributed by atoms with van der Waals surface area (Å²) in [6.45, 7) is 10.2. The summed E-state index contributed by atoms with van der Waals surface area (Å²) < 4.78 is 1.57. The SMILES string of the molecule is CCCNCc1cn(CC(=O)NC(C)C(C)C)nn1. The Morgan fingerprint density at radius 3 is 2.79 bits per heavy atom. The lowest BCUT2D eigenvalue weighted by atomic mass is 10.1. The van der Waals surface area contributed by atoms with E-state index in [2.05, 4.69) is 41.7 Å². The van der Waals surface area contributed by atoms with Gasteiger partial charge >= 0.3 is 0 Å². The Labute approximate surface area is 115 Å². The molecule has 0 aliphatic heterocycles. The number of hydrogen-bond acceptors (Lipinski definition) is 4. The van der Waals surface area contributed by atoms with Gasteiger partial charge in [-0.3, -0.25) is 4.79 Å². The fraction of sp³-hybridized carbons (Fsp3) is 0.769. The molecule has 0 saturated carbocycles. The Morgan fingerprint density at radius 2 is 2.16 bits per heavy atom. The number of carbonyl (C=O) groups is 1. The summed E-state index contributed by atoms with van der Waals surface area (Å²) in [5.41, 5.74) is 0.859. The van der Waals surface area contributed by atoms with Gasteiger partial charge in [-0.05, 0) is 25.8 Å². The zero-order valence-electron chi connectivity index (χ0n) is 12.3. The fourth-order valence-electron chi connectivity index (χ4n) is 1.50. The largest absolute Gasteiger partial charge is 0.352 e. The van der Waals surface area contributed by atoms with Crippen LogP contribution in [-0.4, -0.2) is 33.5 Å². The molecular formula is C13H25N5O. The number of aromatic nitrogens is 3. The highest BCUT2D eigenvalue weighted by molar-refractivity contribution is 5.75. The Balaban J connectivity index is 2.38. The van der Waals surface area contributed by atoms with Gasteiger partial charge in [0.05, 0.1) is 11.9 Å². The Morgan fingerprint density at radius 1 is 1.42 bits per heavy atom. The molecule has 1 aromatic heterocycles. The zero-order chi connectivity index (χ0) is 14.3. The van der Waals surface area contributed by atoms with E-state index in [0.29, 0.717) is 12.5 Å². The number of carbonyl (C=O) groups excluding carboxylic acids is 1. The van der Waals surface area contributed by atoms with E-state index < -0.39 is 0 Å². The van der Waals surface area contributed by atoms with Crippen molar-refractivity contribution in [3.8, 4) is 0 Å². The number of nitrogens with zero attached hydrogens (tertiary/aromatic N) is 3. The quantitative estimate of drug-likeness (QED) is 0.688. The summed E-state index contributed by atoms with van der Waals surface area (Å²) in [5.74, 6) is 0.396. The Bertz CT molecular complexity index is 388. The highest BCUT2D eigenvalue weighted by atomic mass is 16.2. The standard InChI is InChI=1S/C13H25N5O/c1-5-6-14-7-12-8-18(17-16-12)9-13(19)15-11(4)10(2)3/h8,10-11,14H,5-7,9H2,1-4H3,(H,15,19). The van der Waals surface area contributed by atoms with Crippen LogP contribution in [0.15, 0.2) is 6.20 Å². The zero-order valence-corrected chi connectivity index (χ0v) is 12.3. The molecule has 0 radical (unpaired) electrons. The third kappa shape index (κ3) is 5.83. The molecule has 0 fully saturated rings. The topological polar surface area (TPSA) is 71.8 Å². The highest BCUT2D eigenvalue weighted by Gasteiger charge is 2.11. The maximum Gasteiger partial charge on any atom is 0.242 e. The average molecular weight is 267 g/mol. The van der Waals surface area contributed by atoms with Crippen molar-refractivity contribution in [1.82, 2.24) is 25.6 Å². The molecule has 0 aliphatic carbocycles. The summed E-state index contributed by atoms with van der Waals surface area (Å²) in [6.07, 6.45) is 2.89. The Kier molecular flexibility index (Phi) is 6.49. The van der Waals surface area contributed by atoms with Gasteiger partial charge in [-0.1, -0.05) is 26.0 Å². The molecule has 0 saturated heterocycles. The molecule has 1 aromatic rings. The van der Waals surface area contributed by atoms with Crippen LogP contribution >= 0.6 is 0 Å². The van der Waals surface area contributed by atoms with E-state index >= 15 is 0 Å². The molecule has 19 heavy (non-hydrogen) atoms. The first kappa shape index (κ1) is 15.6. The Hall–Kier alpha value is -1.43. The van der Waals surface area contributed by atoms with E-state index in [0.717, 1.165) is 18.7 Å². The molecule has 6 nitrogen and oxygen atoms in total. The van der Waals surface area contributed by atoms with Crippen molar-refractivity contribution in [2.24, 2.45) is 5.92 Å². The van der Waals surface area contributed by atoms with Crippen LogP contribution in [0.5, 0.6) is 0 Å². The number of amides is 1. The van der Waals surface area contributed by atoms with Crippen molar-refractivity contribution in [2.75, 3.05) is 6.54 Å². The maximum absolute atomic E-state index is 11.8. The van der Waals surface area contributed by atoms with E-state index in [4.69, 9.17) is 0 Å². The molecule has 1 atom stereocenters. The predicted molar refractivity (Wildman–Crippen MR) is 74.5 cm³/mol. The van der Waals surface area contributed by atoms with Crippen molar-refractivity contribution in [1.29, 1.82) is 0 Å². The van der Waals surface area contributed by atoms with Gasteiger partial charge in [0.15, 0.2) is 0 Å². The first-order valence-electron chi connectivity index (χ1n) is 6.92. The van der Waals surface area contributed by atoms with E-state index in [-0.39, 0.29) is 18.5 Å². The van der Waals surface area contributed by atoms with Crippen molar-refractivity contribution < 1.29 is 4.79 Å². The molecule has 6 heteroatoms. The second-order valence-corrected chi connectivity index (χ2v) is 5.18. The summed E-state index contributed by atoms with van der Waals surface area (Å²) in [5, 5.41) is 14.2. The van der Waals surface area contributed by atoms with Crippen LogP contribution in [0.1, 0.15) is 39.8 Å². The monoisotopic (exact) mass is 267 g/mol. The number of rotatable bonds is 8. The van der Waals surface area contributed by atoms with E-state index in [1.807, 2.05) is 13.1 Å². The molecule has 1 rings (SSSR count). The van der Waals surface area contributed by atoms with Gasteiger partial charge in [0.25, 0.3) is 0 Å². The second-order valence-electron chi connectivity index (χ2n) is 5.18. The van der Waals surface area contributed by atoms with Gasteiger partial charge < -0.3 is 10.6 Å². The van der Waals surface area contributed by atoms with Gasteiger partial charge in [-0.2, -0.15) is 0 Å². The summed E-state index contributed by atoms with van der Waals surface area (Å²) >= 11 is 0. The molecule has 0 spiro atoms. The van der Waals surface area contributed by atoms with Crippen molar-refractivity contribution in [3.05, 3.63) is 11.9 Å². The van der Waals surface area contributed by atoms with Gasteiger partial charge in [-0.15, -0.1) is 5.10 Å². The summed E-state index contributed by atoms with van der Waals surface area (Å²) in [4.78, 5) is 11.8. The molecular weight excluding hydrogens is 242 g/mol. The minimum Gasteiger partial charge on any atom is -0.352 e. The second kappa shape index (κ2) is 7.89. The molecule has 0 bridgehead atoms. The number of nitrogens with one attached hydrogen (secondary N) is 2. The van der Waals surface area contributed by atoms with Crippen molar-refractivity contribution in [2.45, 2.75) is 53.2 Å². The lowest BCUT2D eigenvalue weighted by molar-refractivity contribution is -0.122. The molecule has 0 aliphatic rings. The van der Waals surface area contributed by atoms with Gasteiger partial charge in [-0.25, -0.2) is 4.68 Å². The summed E-state index contributed by atoms with van der Waals surface area (Å²) in [7, 11) is 0. The fourth-order valence-corrected chi connectivity index (χ4v) is 1.50. The van der Waals surface area contributed by atoms with Crippen LogP contribution in [0.2, 0.25) is 0 Å². The van der Waals surface area contributed by atoms with Gasteiger partial charge in [0.1, 0.15) is 6.54 Å². The van der Waals surface area contributed by atoms with Crippen LogP contribution in [0, 0.1) is 5.92 Å². The van der Waals surface area contributed by atoms with Crippen molar-refractivity contribution in [3.63, 3.8) is 0 Å². The highest BCUT2D eigenvalue weighted by Crippen LogP contribution is 2.00. The summed E-state index contributed by atoms with van der Waals surface area (Å²) in [6, 6.07) is 0.168. The van der Waals surface area contributed by atoms with Crippen LogP contribution in [-0.2, 0) is 17.9 Å². The molecule has 2 N–H and O–H groups in total. The average Bonchev–Trinajstić information content (AvgIpc) is 2.76. The molecule has 1 amide bonds. The third-order valence-electron chi connectivity index (χ3n) is 3.01. The van der Waals surface area contributed by atoms with Gasteiger partial charge in [0, 0.05) is 12.6 Å². The minimum absolute atomic E-state index is 0.0285. The van der Waals surface area contributed by atoms with Crippen LogP contribution in [0.3, 0.4) is 0 Å². The predicted octanol–water partition coefficient (Wildman–Crippen LogP) is 0.938. The van der Waals surface area contributed by atoms with E-state index in [1.165, 1.54) is 0 Å². The smallest absolute Gasteiger partial charge is 0.242 e. The van der Waals surface area contributed by atoms with E-state index in [9.17, 15) is 4.79 Å². The van der Waals surface area contributed by atoms with E-state index in [1.54, 1.807) is 4.68 Å². The normalized spacial score (nSPS) is 12.7. The third-order valence-corrected chi connectivity index (χ3v) is 3.01. The van der Waals surface area contributed by atoms with Crippen LogP contribution < -0.4 is 10.6 Å². The lowest BCUT2D eigenvalue weighted by Crippen LogP contribution is -2.38. The van der Waals surface area contributed by atoms with Gasteiger partial charge in [0.2, 0.25) is 5.91 Å². The number of hydrogen-bond donors (Lipinski definition) is 2. The first-order chi connectivity index (χ1) is 9.02. The molecule has 1 unspecified atom stereocenters. The molecule has 108 valence electrons. The first-order valence-corrected chi connectivity index (χ1v) is 6.92.